The monoisotopic (exact) mass is 275 g/mol. The van der Waals surface area contributed by atoms with Gasteiger partial charge in [0, 0.05) is 11.8 Å². The summed E-state index contributed by atoms with van der Waals surface area (Å²) in [5.41, 5.74) is 1.95. The normalized spacial score (nSPS) is 29.6. The summed E-state index contributed by atoms with van der Waals surface area (Å²) in [4.78, 5) is 6.25. The van der Waals surface area contributed by atoms with E-state index in [1.54, 1.807) is 7.11 Å². The molecule has 1 aromatic carbocycles. The molecule has 0 N–H and O–H groups in total. The Morgan fingerprint density at radius 1 is 1.20 bits per heavy atom. The maximum Gasteiger partial charge on any atom is 0.226 e. The Bertz CT molecular complexity index is 509. The molecule has 0 spiro atoms. The van der Waals surface area contributed by atoms with Crippen LogP contribution in [0, 0.1) is 11.1 Å². The first-order chi connectivity index (χ1) is 9.70. The Labute approximate surface area is 119 Å². The maximum atomic E-state index is 12.0. The minimum absolute atomic E-state index is 0.0667. The summed E-state index contributed by atoms with van der Waals surface area (Å²) >= 11 is 0. The zero-order chi connectivity index (χ0) is 14.1. The molecule has 4 nitrogen and oxygen atoms in total. The number of hydrogen-bond acceptors (Lipinski definition) is 3. The van der Waals surface area contributed by atoms with E-state index in [-0.39, 0.29) is 12.0 Å². The van der Waals surface area contributed by atoms with Crippen molar-refractivity contribution in [2.24, 2.45) is 5.92 Å². The number of benzene rings is 1. The zero-order valence-electron chi connectivity index (χ0n) is 12.0. The van der Waals surface area contributed by atoms with Gasteiger partial charge in [-0.3, -0.25) is 5.21 Å². The molecule has 1 saturated carbocycles. The van der Waals surface area contributed by atoms with Crippen molar-refractivity contribution >= 4 is 5.71 Å². The van der Waals surface area contributed by atoms with Gasteiger partial charge in [0.25, 0.3) is 0 Å². The van der Waals surface area contributed by atoms with Gasteiger partial charge in [0.2, 0.25) is 5.71 Å². The Morgan fingerprint density at radius 2 is 1.90 bits per heavy atom. The minimum Gasteiger partial charge on any atom is -0.497 e. The summed E-state index contributed by atoms with van der Waals surface area (Å²) in [6.07, 6.45) is 4.57. The van der Waals surface area contributed by atoms with Crippen molar-refractivity contribution in [1.82, 2.24) is 0 Å². The van der Waals surface area contributed by atoms with E-state index in [0.29, 0.717) is 5.92 Å². The second-order valence-electron chi connectivity index (χ2n) is 5.74. The number of fused-ring (bicyclic) bond motifs is 1. The quantitative estimate of drug-likeness (QED) is 0.778. The highest BCUT2D eigenvalue weighted by Gasteiger charge is 2.41. The topological polar surface area (TPSA) is 44.5 Å². The largest absolute Gasteiger partial charge is 0.497 e. The summed E-state index contributed by atoms with van der Waals surface area (Å²) in [5, 5.41) is 12.0. The first-order valence-corrected chi connectivity index (χ1v) is 7.32. The van der Waals surface area contributed by atoms with E-state index in [1.807, 2.05) is 19.1 Å². The Balaban J connectivity index is 1.96. The molecule has 0 radical (unpaired) electrons. The number of methoxy groups -OCH3 is 1. The van der Waals surface area contributed by atoms with Gasteiger partial charge in [-0.25, -0.2) is 0 Å². The van der Waals surface area contributed by atoms with Crippen LogP contribution in [0.1, 0.15) is 44.1 Å². The highest BCUT2D eigenvalue weighted by molar-refractivity contribution is 5.85. The number of rotatable bonds is 2. The third kappa shape index (κ3) is 2.23. The lowest BCUT2D eigenvalue weighted by Gasteiger charge is -2.40. The highest BCUT2D eigenvalue weighted by atomic mass is 16.9. The van der Waals surface area contributed by atoms with E-state index in [2.05, 4.69) is 12.1 Å². The molecule has 1 aliphatic carbocycles. The Morgan fingerprint density at radius 3 is 2.60 bits per heavy atom. The first kappa shape index (κ1) is 13.3. The van der Waals surface area contributed by atoms with Gasteiger partial charge in [-0.2, -0.15) is 0 Å². The van der Waals surface area contributed by atoms with E-state index in [0.717, 1.165) is 35.6 Å². The molecule has 20 heavy (non-hydrogen) atoms. The van der Waals surface area contributed by atoms with Crippen LogP contribution in [0.4, 0.5) is 0 Å². The van der Waals surface area contributed by atoms with Gasteiger partial charge < -0.3 is 9.57 Å². The SMILES string of the molecule is COc1ccc([C@@H]2C(C)=[N+]([O-])O[C@H]3CCCC[C@H]32)cc1. The zero-order valence-corrected chi connectivity index (χ0v) is 12.0. The average Bonchev–Trinajstić information content (AvgIpc) is 2.49. The highest BCUT2D eigenvalue weighted by Crippen LogP contribution is 2.41. The number of ether oxygens (including phenoxy) is 1. The molecule has 1 fully saturated rings. The van der Waals surface area contributed by atoms with Crippen molar-refractivity contribution in [3.8, 4) is 5.75 Å². The third-order valence-corrected chi connectivity index (χ3v) is 4.63. The van der Waals surface area contributed by atoms with Crippen LogP contribution in [0.25, 0.3) is 0 Å². The van der Waals surface area contributed by atoms with Crippen LogP contribution in [0.3, 0.4) is 0 Å². The van der Waals surface area contributed by atoms with Crippen LogP contribution in [0.5, 0.6) is 5.75 Å². The molecule has 0 unspecified atom stereocenters. The predicted octanol–water partition coefficient (Wildman–Crippen LogP) is 3.25. The number of hydrogen-bond donors (Lipinski definition) is 0. The fourth-order valence-corrected chi connectivity index (χ4v) is 3.57. The summed E-state index contributed by atoms with van der Waals surface area (Å²) in [6.45, 7) is 1.88. The van der Waals surface area contributed by atoms with Gasteiger partial charge in [0.15, 0.2) is 0 Å². The fourth-order valence-electron chi connectivity index (χ4n) is 3.57. The number of nitrogens with zero attached hydrogens (tertiary/aromatic N) is 1. The molecular formula is C16H21NO3. The summed E-state index contributed by atoms with van der Waals surface area (Å²) in [6, 6.07) is 8.06. The van der Waals surface area contributed by atoms with E-state index >= 15 is 0 Å². The van der Waals surface area contributed by atoms with Gasteiger partial charge in [-0.05, 0) is 36.5 Å². The van der Waals surface area contributed by atoms with Gasteiger partial charge in [0.05, 0.1) is 19.1 Å². The molecule has 4 heteroatoms. The second-order valence-corrected chi connectivity index (χ2v) is 5.74. The van der Waals surface area contributed by atoms with Crippen LogP contribution in [-0.4, -0.2) is 23.8 Å². The summed E-state index contributed by atoms with van der Waals surface area (Å²) in [7, 11) is 1.66. The Hall–Kier alpha value is -1.71. The van der Waals surface area contributed by atoms with Crippen LogP contribution < -0.4 is 4.74 Å². The lowest BCUT2D eigenvalue weighted by molar-refractivity contribution is -0.762. The Kier molecular flexibility index (Phi) is 3.55. The van der Waals surface area contributed by atoms with E-state index in [4.69, 9.17) is 9.57 Å². The van der Waals surface area contributed by atoms with Gasteiger partial charge in [0.1, 0.15) is 5.75 Å². The van der Waals surface area contributed by atoms with Crippen molar-refractivity contribution in [3.63, 3.8) is 0 Å². The molecule has 0 saturated heterocycles. The molecule has 2 aliphatic rings. The smallest absolute Gasteiger partial charge is 0.226 e. The van der Waals surface area contributed by atoms with Crippen LogP contribution in [-0.2, 0) is 4.84 Å². The molecule has 0 aromatic heterocycles. The summed E-state index contributed by atoms with van der Waals surface area (Å²) in [5.74, 6) is 1.43. The first-order valence-electron chi connectivity index (χ1n) is 7.32. The average molecular weight is 275 g/mol. The van der Waals surface area contributed by atoms with E-state index in [9.17, 15) is 5.21 Å². The molecule has 3 rings (SSSR count). The van der Waals surface area contributed by atoms with Crippen molar-refractivity contribution in [2.75, 3.05) is 7.11 Å². The molecule has 1 heterocycles. The van der Waals surface area contributed by atoms with Crippen molar-refractivity contribution < 1.29 is 14.5 Å². The van der Waals surface area contributed by atoms with E-state index in [1.165, 1.54) is 12.0 Å². The van der Waals surface area contributed by atoms with Crippen molar-refractivity contribution in [3.05, 3.63) is 35.0 Å². The fraction of sp³-hybridized carbons (Fsp3) is 0.562. The molecule has 0 amide bonds. The molecule has 0 bridgehead atoms. The molecular weight excluding hydrogens is 254 g/mol. The molecule has 1 aromatic rings. The standard InChI is InChI=1S/C16H21NO3/c1-11-16(12-7-9-13(19-2)10-8-12)14-5-3-4-6-15(14)20-17(11)18/h7-10,14-16H,3-6H2,1-2H3/t14-,15+,16+/m1/s1. The predicted molar refractivity (Wildman–Crippen MR) is 76.9 cm³/mol. The van der Waals surface area contributed by atoms with Crippen molar-refractivity contribution in [2.45, 2.75) is 44.6 Å². The van der Waals surface area contributed by atoms with Crippen LogP contribution in [0.2, 0.25) is 0 Å². The van der Waals surface area contributed by atoms with Crippen molar-refractivity contribution in [1.29, 1.82) is 0 Å². The van der Waals surface area contributed by atoms with Crippen LogP contribution >= 0.6 is 0 Å². The lowest BCUT2D eigenvalue weighted by Crippen LogP contribution is -2.43. The van der Waals surface area contributed by atoms with Gasteiger partial charge in [-0.1, -0.05) is 25.0 Å². The summed E-state index contributed by atoms with van der Waals surface area (Å²) < 4.78 is 5.21. The minimum atomic E-state index is 0.0667. The van der Waals surface area contributed by atoms with Gasteiger partial charge in [-0.15, -0.1) is 0 Å². The molecule has 108 valence electrons. The molecule has 1 aliphatic heterocycles. The third-order valence-electron chi connectivity index (χ3n) is 4.63. The van der Waals surface area contributed by atoms with E-state index < -0.39 is 0 Å². The molecule has 3 atom stereocenters. The van der Waals surface area contributed by atoms with Gasteiger partial charge >= 0.3 is 0 Å². The maximum absolute atomic E-state index is 12.0. The second kappa shape index (κ2) is 5.35. The van der Waals surface area contributed by atoms with Crippen LogP contribution in [0.15, 0.2) is 24.3 Å². The lowest BCUT2D eigenvalue weighted by atomic mass is 9.72.